The molecule has 1 aromatic rings. The number of halogens is 2. The molecule has 23 heavy (non-hydrogen) atoms. The van der Waals surface area contributed by atoms with E-state index in [0.717, 1.165) is 12.1 Å². The van der Waals surface area contributed by atoms with Gasteiger partial charge in [0.05, 0.1) is 17.8 Å². The van der Waals surface area contributed by atoms with E-state index in [9.17, 15) is 13.6 Å². The van der Waals surface area contributed by atoms with Crippen LogP contribution in [0.2, 0.25) is 0 Å². The molecule has 0 unspecified atom stereocenters. The summed E-state index contributed by atoms with van der Waals surface area (Å²) in [6, 6.07) is 2.23. The second-order valence-corrected chi connectivity index (χ2v) is 6.44. The Labute approximate surface area is 133 Å². The molecule has 0 radical (unpaired) electrons. The van der Waals surface area contributed by atoms with Gasteiger partial charge in [0.2, 0.25) is 0 Å². The van der Waals surface area contributed by atoms with Crippen molar-refractivity contribution in [2.24, 2.45) is 0 Å². The van der Waals surface area contributed by atoms with Gasteiger partial charge in [0.1, 0.15) is 18.2 Å². The largest absolute Gasteiger partial charge is 0.495 e. The standard InChI is InChI=1S/C15H19BF2O5/c1-14(2)15(3,4)23-16(22-14)9-5-11(17)10(12(18)6-9)7-21-8-13(19)20/h5-6H,7-8H2,1-4H3,(H,19,20). The average Bonchev–Trinajstić information content (AvgIpc) is 2.61. The maximum absolute atomic E-state index is 14.1. The Bertz CT molecular complexity index is 579. The van der Waals surface area contributed by atoms with E-state index in [1.165, 1.54) is 0 Å². The first-order valence-corrected chi connectivity index (χ1v) is 7.16. The maximum atomic E-state index is 14.1. The van der Waals surface area contributed by atoms with Gasteiger partial charge in [-0.2, -0.15) is 0 Å². The molecule has 0 amide bonds. The Balaban J connectivity index is 2.19. The quantitative estimate of drug-likeness (QED) is 0.836. The number of hydrogen-bond donors (Lipinski definition) is 1. The molecule has 126 valence electrons. The number of carbonyl (C=O) groups is 1. The van der Waals surface area contributed by atoms with Crippen molar-refractivity contribution in [1.82, 2.24) is 0 Å². The van der Waals surface area contributed by atoms with Gasteiger partial charge in [-0.1, -0.05) is 0 Å². The van der Waals surface area contributed by atoms with Crippen molar-refractivity contribution in [1.29, 1.82) is 0 Å². The molecule has 0 atom stereocenters. The van der Waals surface area contributed by atoms with E-state index < -0.39 is 49.1 Å². The van der Waals surface area contributed by atoms with Crippen LogP contribution in [-0.2, 0) is 25.4 Å². The molecule has 0 saturated carbocycles. The fraction of sp³-hybridized carbons (Fsp3) is 0.533. The van der Waals surface area contributed by atoms with Crippen molar-refractivity contribution in [3.63, 3.8) is 0 Å². The molecule has 1 N–H and O–H groups in total. The zero-order valence-corrected chi connectivity index (χ0v) is 13.5. The fourth-order valence-corrected chi connectivity index (χ4v) is 2.12. The van der Waals surface area contributed by atoms with Gasteiger partial charge in [-0.25, -0.2) is 13.6 Å². The molecule has 0 aromatic heterocycles. The van der Waals surface area contributed by atoms with E-state index in [0.29, 0.717) is 0 Å². The Morgan fingerprint density at radius 2 is 1.65 bits per heavy atom. The Kier molecular flexibility index (Phi) is 4.80. The van der Waals surface area contributed by atoms with Crippen LogP contribution >= 0.6 is 0 Å². The van der Waals surface area contributed by atoms with Crippen LogP contribution in [0, 0.1) is 11.6 Å². The third-order valence-corrected chi connectivity index (χ3v) is 4.16. The minimum absolute atomic E-state index is 0.223. The van der Waals surface area contributed by atoms with Gasteiger partial charge in [0, 0.05) is 5.56 Å². The monoisotopic (exact) mass is 328 g/mol. The third kappa shape index (κ3) is 3.71. The lowest BCUT2D eigenvalue weighted by molar-refractivity contribution is -0.142. The molecule has 2 rings (SSSR count). The van der Waals surface area contributed by atoms with Crippen LogP contribution in [0.4, 0.5) is 8.78 Å². The Morgan fingerprint density at radius 3 is 2.09 bits per heavy atom. The molecular weight excluding hydrogens is 309 g/mol. The first-order valence-electron chi connectivity index (χ1n) is 7.16. The van der Waals surface area contributed by atoms with Gasteiger partial charge >= 0.3 is 13.1 Å². The molecule has 1 fully saturated rings. The smallest absolute Gasteiger partial charge is 0.480 e. The maximum Gasteiger partial charge on any atom is 0.495 e. The molecule has 1 aliphatic rings. The minimum atomic E-state index is -1.21. The SMILES string of the molecule is CC1(C)OB(c2cc(F)c(COCC(=O)O)c(F)c2)OC1(C)C. The predicted molar refractivity (Wildman–Crippen MR) is 79.4 cm³/mol. The number of hydrogen-bond acceptors (Lipinski definition) is 4. The number of benzene rings is 1. The molecule has 5 nitrogen and oxygen atoms in total. The molecule has 1 aliphatic heterocycles. The van der Waals surface area contributed by atoms with Crippen LogP contribution in [0.15, 0.2) is 12.1 Å². The van der Waals surface area contributed by atoms with E-state index >= 15 is 0 Å². The molecule has 0 spiro atoms. The highest BCUT2D eigenvalue weighted by Gasteiger charge is 2.51. The first-order chi connectivity index (χ1) is 10.5. The Morgan fingerprint density at radius 1 is 1.17 bits per heavy atom. The lowest BCUT2D eigenvalue weighted by Gasteiger charge is -2.32. The van der Waals surface area contributed by atoms with E-state index in [1.807, 2.05) is 27.7 Å². The summed E-state index contributed by atoms with van der Waals surface area (Å²) in [5, 5.41) is 8.47. The zero-order chi connectivity index (χ0) is 17.4. The molecule has 0 aliphatic carbocycles. The van der Waals surface area contributed by atoms with Crippen LogP contribution in [0.25, 0.3) is 0 Å². The normalized spacial score (nSPS) is 19.1. The summed E-state index contributed by atoms with van der Waals surface area (Å²) >= 11 is 0. The third-order valence-electron chi connectivity index (χ3n) is 4.16. The van der Waals surface area contributed by atoms with Crippen molar-refractivity contribution in [3.8, 4) is 0 Å². The predicted octanol–water partition coefficient (Wildman–Crippen LogP) is 1.87. The average molecular weight is 328 g/mol. The van der Waals surface area contributed by atoms with Crippen LogP contribution in [0.5, 0.6) is 0 Å². The minimum Gasteiger partial charge on any atom is -0.480 e. The highest BCUT2D eigenvalue weighted by atomic mass is 19.1. The number of aliphatic carboxylic acids is 1. The summed E-state index contributed by atoms with van der Waals surface area (Å²) < 4.78 is 44.4. The van der Waals surface area contributed by atoms with Crippen LogP contribution in [-0.4, -0.2) is 36.0 Å². The number of carboxylic acids is 1. The molecule has 1 aromatic carbocycles. The van der Waals surface area contributed by atoms with Crippen molar-refractivity contribution in [2.75, 3.05) is 6.61 Å². The van der Waals surface area contributed by atoms with Crippen molar-refractivity contribution in [3.05, 3.63) is 29.3 Å². The summed E-state index contributed by atoms with van der Waals surface area (Å²) in [4.78, 5) is 10.4. The van der Waals surface area contributed by atoms with Gasteiger partial charge < -0.3 is 19.2 Å². The van der Waals surface area contributed by atoms with E-state index in [-0.39, 0.29) is 11.0 Å². The lowest BCUT2D eigenvalue weighted by atomic mass is 9.78. The van der Waals surface area contributed by atoms with Crippen molar-refractivity contribution in [2.45, 2.75) is 45.5 Å². The molecule has 1 saturated heterocycles. The summed E-state index contributed by atoms with van der Waals surface area (Å²) in [5.74, 6) is -2.88. The van der Waals surface area contributed by atoms with Gasteiger partial charge in [0.15, 0.2) is 0 Å². The first kappa shape index (κ1) is 17.8. The van der Waals surface area contributed by atoms with Gasteiger partial charge in [-0.15, -0.1) is 0 Å². The number of ether oxygens (including phenoxy) is 1. The van der Waals surface area contributed by atoms with E-state index in [4.69, 9.17) is 19.2 Å². The number of carboxylic acid groups (broad SMARTS) is 1. The fourth-order valence-electron chi connectivity index (χ4n) is 2.12. The Hall–Kier alpha value is -1.51. The summed E-state index contributed by atoms with van der Waals surface area (Å²) in [5.41, 5.74) is -1.34. The summed E-state index contributed by atoms with van der Waals surface area (Å²) in [7, 11) is -0.877. The second kappa shape index (κ2) is 6.18. The highest BCUT2D eigenvalue weighted by molar-refractivity contribution is 6.62. The van der Waals surface area contributed by atoms with Gasteiger partial charge in [-0.3, -0.25) is 0 Å². The van der Waals surface area contributed by atoms with Crippen LogP contribution in [0.1, 0.15) is 33.3 Å². The summed E-state index contributed by atoms with van der Waals surface area (Å²) in [6.45, 7) is 6.27. The number of rotatable bonds is 5. The molecule has 0 bridgehead atoms. The molecule has 1 heterocycles. The zero-order valence-electron chi connectivity index (χ0n) is 13.5. The van der Waals surface area contributed by atoms with Crippen molar-refractivity contribution < 1.29 is 32.7 Å². The lowest BCUT2D eigenvalue weighted by Crippen LogP contribution is -2.41. The topological polar surface area (TPSA) is 65.0 Å². The van der Waals surface area contributed by atoms with Gasteiger partial charge in [0.25, 0.3) is 0 Å². The summed E-state index contributed by atoms with van der Waals surface area (Å²) in [6.07, 6.45) is 0. The van der Waals surface area contributed by atoms with Crippen LogP contribution in [0.3, 0.4) is 0 Å². The van der Waals surface area contributed by atoms with Gasteiger partial charge in [-0.05, 0) is 45.3 Å². The molecular formula is C15H19BF2O5. The van der Waals surface area contributed by atoms with E-state index in [1.54, 1.807) is 0 Å². The highest BCUT2D eigenvalue weighted by Crippen LogP contribution is 2.36. The second-order valence-electron chi connectivity index (χ2n) is 6.44. The molecule has 8 heteroatoms. The van der Waals surface area contributed by atoms with Crippen molar-refractivity contribution >= 4 is 18.6 Å². The van der Waals surface area contributed by atoms with E-state index in [2.05, 4.69) is 0 Å². The van der Waals surface area contributed by atoms with Crippen LogP contribution < -0.4 is 5.46 Å².